The van der Waals surface area contributed by atoms with Gasteiger partial charge in [0.2, 0.25) is 0 Å². The lowest BCUT2D eigenvalue weighted by Gasteiger charge is -2.12. The predicted molar refractivity (Wildman–Crippen MR) is 75.1 cm³/mol. The third-order valence-electron chi connectivity index (χ3n) is 2.53. The molecule has 0 aliphatic heterocycles. The average molecular weight is 265 g/mol. The van der Waals surface area contributed by atoms with Gasteiger partial charge in [0.1, 0.15) is 11.8 Å². The molecule has 19 heavy (non-hydrogen) atoms. The van der Waals surface area contributed by atoms with Crippen LogP contribution in [0.2, 0.25) is 0 Å². The topological polar surface area (TPSA) is 61.5 Å². The average Bonchev–Trinajstić information content (AvgIpc) is 2.37. The summed E-state index contributed by atoms with van der Waals surface area (Å²) in [5.41, 5.74) is 6.77. The number of rotatable bonds is 7. The molecule has 0 amide bonds. The van der Waals surface area contributed by atoms with Gasteiger partial charge in [0.25, 0.3) is 0 Å². The number of nitrogens with two attached hydrogens (primary N) is 1. The molecule has 0 aromatic heterocycles. The van der Waals surface area contributed by atoms with Crippen molar-refractivity contribution < 1.29 is 14.3 Å². The van der Waals surface area contributed by atoms with Crippen LogP contribution >= 0.6 is 0 Å². The Kier molecular flexibility index (Phi) is 6.36. The molecular weight excluding hydrogens is 242 g/mol. The minimum absolute atomic E-state index is 0.351. The zero-order chi connectivity index (χ0) is 14.3. The van der Waals surface area contributed by atoms with Crippen LogP contribution in [-0.2, 0) is 16.0 Å². The molecule has 1 atom stereocenters. The van der Waals surface area contributed by atoms with Crippen LogP contribution in [0.5, 0.6) is 5.75 Å². The van der Waals surface area contributed by atoms with Crippen molar-refractivity contribution in [3.8, 4) is 5.75 Å². The van der Waals surface area contributed by atoms with Crippen LogP contribution in [0.25, 0.3) is 0 Å². The zero-order valence-corrected chi connectivity index (χ0v) is 11.9. The zero-order valence-electron chi connectivity index (χ0n) is 11.9. The summed E-state index contributed by atoms with van der Waals surface area (Å²) in [6.45, 7) is 6.99. The van der Waals surface area contributed by atoms with E-state index in [0.717, 1.165) is 11.3 Å². The van der Waals surface area contributed by atoms with Crippen molar-refractivity contribution in [2.24, 2.45) is 11.7 Å². The fourth-order valence-electron chi connectivity index (χ4n) is 1.61. The molecule has 106 valence electrons. The van der Waals surface area contributed by atoms with Crippen molar-refractivity contribution >= 4 is 5.97 Å². The highest BCUT2D eigenvalue weighted by atomic mass is 16.5. The Morgan fingerprint density at radius 2 is 2.11 bits per heavy atom. The smallest absolute Gasteiger partial charge is 0.323 e. The molecule has 1 rings (SSSR count). The minimum Gasteiger partial charge on any atom is -0.493 e. The fraction of sp³-hybridized carbons (Fsp3) is 0.533. The number of benzene rings is 1. The second kappa shape index (κ2) is 7.79. The Morgan fingerprint density at radius 3 is 2.74 bits per heavy atom. The van der Waals surface area contributed by atoms with E-state index in [1.54, 1.807) is 6.92 Å². The van der Waals surface area contributed by atoms with Crippen LogP contribution in [-0.4, -0.2) is 25.2 Å². The highest BCUT2D eigenvalue weighted by molar-refractivity contribution is 5.75. The van der Waals surface area contributed by atoms with Crippen LogP contribution in [0.3, 0.4) is 0 Å². The van der Waals surface area contributed by atoms with E-state index in [9.17, 15) is 4.79 Å². The largest absolute Gasteiger partial charge is 0.493 e. The molecule has 1 unspecified atom stereocenters. The Labute approximate surface area is 114 Å². The molecule has 0 fully saturated rings. The van der Waals surface area contributed by atoms with E-state index in [1.165, 1.54) is 0 Å². The van der Waals surface area contributed by atoms with Gasteiger partial charge in [0, 0.05) is 0 Å². The quantitative estimate of drug-likeness (QED) is 0.767. The molecule has 0 spiro atoms. The highest BCUT2D eigenvalue weighted by Gasteiger charge is 2.15. The Bertz CT molecular complexity index is 404. The fourth-order valence-corrected chi connectivity index (χ4v) is 1.61. The van der Waals surface area contributed by atoms with Crippen LogP contribution in [0.1, 0.15) is 26.3 Å². The second-order valence-corrected chi connectivity index (χ2v) is 4.91. The maximum atomic E-state index is 11.5. The van der Waals surface area contributed by atoms with Crippen LogP contribution < -0.4 is 10.5 Å². The summed E-state index contributed by atoms with van der Waals surface area (Å²) < 4.78 is 10.5. The Balaban J connectivity index is 2.58. The maximum Gasteiger partial charge on any atom is 0.323 e. The van der Waals surface area contributed by atoms with Gasteiger partial charge in [0.05, 0.1) is 13.2 Å². The van der Waals surface area contributed by atoms with Crippen molar-refractivity contribution in [3.05, 3.63) is 29.8 Å². The van der Waals surface area contributed by atoms with Gasteiger partial charge < -0.3 is 15.2 Å². The molecule has 0 radical (unpaired) electrons. The van der Waals surface area contributed by atoms with Crippen LogP contribution in [0.15, 0.2) is 24.3 Å². The molecule has 0 saturated carbocycles. The van der Waals surface area contributed by atoms with E-state index in [2.05, 4.69) is 13.8 Å². The summed E-state index contributed by atoms with van der Waals surface area (Å²) in [6.07, 6.45) is 0.456. The molecule has 0 saturated heterocycles. The molecule has 1 aromatic rings. The van der Waals surface area contributed by atoms with Crippen LogP contribution in [0.4, 0.5) is 0 Å². The molecule has 0 aliphatic carbocycles. The van der Waals surface area contributed by atoms with Gasteiger partial charge in [-0.25, -0.2) is 0 Å². The maximum absolute atomic E-state index is 11.5. The summed E-state index contributed by atoms with van der Waals surface area (Å²) in [6, 6.07) is 7.04. The van der Waals surface area contributed by atoms with E-state index >= 15 is 0 Å². The molecular formula is C15H23NO3. The van der Waals surface area contributed by atoms with Crippen molar-refractivity contribution in [2.75, 3.05) is 13.2 Å². The first-order valence-electron chi connectivity index (χ1n) is 6.66. The lowest BCUT2D eigenvalue weighted by molar-refractivity contribution is -0.144. The van der Waals surface area contributed by atoms with Gasteiger partial charge in [-0.05, 0) is 37.0 Å². The summed E-state index contributed by atoms with van der Waals surface area (Å²) in [5.74, 6) is 0.920. The monoisotopic (exact) mass is 265 g/mol. The number of ether oxygens (including phenoxy) is 2. The first-order chi connectivity index (χ1) is 9.02. The summed E-state index contributed by atoms with van der Waals surface area (Å²) in [7, 11) is 0. The molecule has 0 heterocycles. The lowest BCUT2D eigenvalue weighted by atomic mass is 10.1. The van der Waals surface area contributed by atoms with Crippen LogP contribution in [0, 0.1) is 5.92 Å². The number of hydrogen-bond acceptors (Lipinski definition) is 4. The van der Waals surface area contributed by atoms with E-state index in [-0.39, 0.29) is 5.97 Å². The van der Waals surface area contributed by atoms with Crippen molar-refractivity contribution in [3.63, 3.8) is 0 Å². The van der Waals surface area contributed by atoms with Crippen molar-refractivity contribution in [1.82, 2.24) is 0 Å². The van der Waals surface area contributed by atoms with E-state index in [1.807, 2.05) is 24.3 Å². The predicted octanol–water partition coefficient (Wildman–Crippen LogP) is 2.15. The third kappa shape index (κ3) is 5.75. The molecule has 4 heteroatoms. The van der Waals surface area contributed by atoms with Gasteiger partial charge in [-0.1, -0.05) is 26.0 Å². The van der Waals surface area contributed by atoms with E-state index < -0.39 is 6.04 Å². The first-order valence-corrected chi connectivity index (χ1v) is 6.66. The number of esters is 1. The number of carbonyl (C=O) groups is 1. The summed E-state index contributed by atoms with van der Waals surface area (Å²) >= 11 is 0. The van der Waals surface area contributed by atoms with E-state index in [4.69, 9.17) is 15.2 Å². The summed E-state index contributed by atoms with van der Waals surface area (Å²) in [4.78, 5) is 11.5. The van der Waals surface area contributed by atoms with Gasteiger partial charge in [-0.2, -0.15) is 0 Å². The van der Waals surface area contributed by atoms with Crippen molar-refractivity contribution in [1.29, 1.82) is 0 Å². The van der Waals surface area contributed by atoms with Gasteiger partial charge in [-0.3, -0.25) is 4.79 Å². The SMILES string of the molecule is CCOC(=O)C(N)Cc1cccc(OCC(C)C)c1. The van der Waals surface area contributed by atoms with Crippen molar-refractivity contribution in [2.45, 2.75) is 33.2 Å². The standard InChI is InChI=1S/C15H23NO3/c1-4-18-15(17)14(16)9-12-6-5-7-13(8-12)19-10-11(2)3/h5-8,11,14H,4,9-10,16H2,1-3H3. The number of hydrogen-bond donors (Lipinski definition) is 1. The number of carbonyl (C=O) groups excluding carboxylic acids is 1. The third-order valence-corrected chi connectivity index (χ3v) is 2.53. The summed E-state index contributed by atoms with van der Waals surface area (Å²) in [5, 5.41) is 0. The highest BCUT2D eigenvalue weighted by Crippen LogP contribution is 2.15. The molecule has 4 nitrogen and oxygen atoms in total. The van der Waals surface area contributed by atoms with E-state index in [0.29, 0.717) is 25.6 Å². The molecule has 0 aliphatic rings. The molecule has 2 N–H and O–H groups in total. The Morgan fingerprint density at radius 1 is 1.37 bits per heavy atom. The molecule has 1 aromatic carbocycles. The first kappa shape index (κ1) is 15.5. The normalized spacial score (nSPS) is 12.3. The van der Waals surface area contributed by atoms with Gasteiger partial charge >= 0.3 is 5.97 Å². The lowest BCUT2D eigenvalue weighted by Crippen LogP contribution is -2.34. The van der Waals surface area contributed by atoms with Gasteiger partial charge in [0.15, 0.2) is 0 Å². The Hall–Kier alpha value is -1.55. The second-order valence-electron chi connectivity index (χ2n) is 4.91. The van der Waals surface area contributed by atoms with Gasteiger partial charge in [-0.15, -0.1) is 0 Å². The molecule has 0 bridgehead atoms. The minimum atomic E-state index is -0.625.